The Bertz CT molecular complexity index is 297. The first-order valence-electron chi connectivity index (χ1n) is 4.38. The van der Waals surface area contributed by atoms with Gasteiger partial charge in [0.15, 0.2) is 0 Å². The number of nitrogens with one attached hydrogen (secondary N) is 1. The fraction of sp³-hybridized carbons (Fsp3) is 0.300. The van der Waals surface area contributed by atoms with Crippen LogP contribution in [0.25, 0.3) is 0 Å². The van der Waals surface area contributed by atoms with Crippen molar-refractivity contribution in [1.82, 2.24) is 4.98 Å². The number of rotatable bonds is 2. The third-order valence-electron chi connectivity index (χ3n) is 2.09. The van der Waals surface area contributed by atoms with E-state index in [4.69, 9.17) is 0 Å². The second kappa shape index (κ2) is 3.56. The zero-order valence-corrected chi connectivity index (χ0v) is 7.20. The van der Waals surface area contributed by atoms with Gasteiger partial charge in [0.2, 0.25) is 0 Å². The molecule has 0 spiro atoms. The minimum Gasteiger partial charge on any atom is -0.367 e. The van der Waals surface area contributed by atoms with Gasteiger partial charge in [0.05, 0.1) is 6.20 Å². The summed E-state index contributed by atoms with van der Waals surface area (Å²) in [7, 11) is 0. The molecule has 3 heteroatoms. The first kappa shape index (κ1) is 8.23. The lowest BCUT2D eigenvalue weighted by Crippen LogP contribution is -2.15. The highest BCUT2D eigenvalue weighted by Crippen LogP contribution is 2.14. The molecule has 2 rings (SSSR count). The van der Waals surface area contributed by atoms with Crippen LogP contribution in [0.1, 0.15) is 12.8 Å². The summed E-state index contributed by atoms with van der Waals surface area (Å²) < 4.78 is 12.5. The van der Waals surface area contributed by atoms with Crippen molar-refractivity contribution in [2.45, 2.75) is 18.9 Å². The van der Waals surface area contributed by atoms with Crippen molar-refractivity contribution in [2.24, 2.45) is 0 Å². The average Bonchev–Trinajstić information content (AvgIpc) is 2.62. The van der Waals surface area contributed by atoms with Gasteiger partial charge in [0.25, 0.3) is 0 Å². The Hall–Kier alpha value is -1.38. The molecule has 1 aliphatic carbocycles. The van der Waals surface area contributed by atoms with Crippen LogP contribution in [-0.4, -0.2) is 11.0 Å². The predicted octanol–water partition coefficient (Wildman–Crippen LogP) is 2.35. The normalized spacial score (nSPS) is 16.4. The molecule has 0 bridgehead atoms. The van der Waals surface area contributed by atoms with Crippen molar-refractivity contribution in [3.8, 4) is 0 Å². The maximum Gasteiger partial charge on any atom is 0.141 e. The molecule has 13 heavy (non-hydrogen) atoms. The molecule has 0 saturated carbocycles. The van der Waals surface area contributed by atoms with E-state index in [1.165, 1.54) is 12.3 Å². The van der Waals surface area contributed by atoms with Gasteiger partial charge in [-0.25, -0.2) is 9.37 Å². The maximum atomic E-state index is 12.5. The molecule has 0 fully saturated rings. The Morgan fingerprint density at radius 2 is 2.08 bits per heavy atom. The number of nitrogens with zero attached hydrogens (tertiary/aromatic N) is 1. The number of halogens is 1. The molecule has 68 valence electrons. The summed E-state index contributed by atoms with van der Waals surface area (Å²) in [5.41, 5.74) is 0. The van der Waals surface area contributed by atoms with Crippen LogP contribution in [0.3, 0.4) is 0 Å². The van der Waals surface area contributed by atoms with Gasteiger partial charge in [-0.3, -0.25) is 0 Å². The molecule has 0 atom stereocenters. The Balaban J connectivity index is 1.97. The van der Waals surface area contributed by atoms with Gasteiger partial charge >= 0.3 is 0 Å². The van der Waals surface area contributed by atoms with Crippen molar-refractivity contribution in [3.63, 3.8) is 0 Å². The fourth-order valence-electron chi connectivity index (χ4n) is 1.41. The Kier molecular flexibility index (Phi) is 2.25. The topological polar surface area (TPSA) is 24.9 Å². The molecule has 1 N–H and O–H groups in total. The molecule has 1 aromatic rings. The minimum absolute atomic E-state index is 0.296. The van der Waals surface area contributed by atoms with Crippen molar-refractivity contribution >= 4 is 5.82 Å². The van der Waals surface area contributed by atoms with E-state index in [2.05, 4.69) is 22.5 Å². The summed E-state index contributed by atoms with van der Waals surface area (Å²) in [6.45, 7) is 0. The lowest BCUT2D eigenvalue weighted by atomic mass is 10.2. The minimum atomic E-state index is -0.296. The van der Waals surface area contributed by atoms with Crippen molar-refractivity contribution < 1.29 is 4.39 Å². The molecule has 1 aromatic heterocycles. The van der Waals surface area contributed by atoms with Gasteiger partial charge in [0, 0.05) is 6.04 Å². The summed E-state index contributed by atoms with van der Waals surface area (Å²) in [6.07, 6.45) is 7.56. The van der Waals surface area contributed by atoms with Crippen LogP contribution in [0.5, 0.6) is 0 Å². The highest BCUT2D eigenvalue weighted by molar-refractivity contribution is 5.35. The highest BCUT2D eigenvalue weighted by atomic mass is 19.1. The summed E-state index contributed by atoms with van der Waals surface area (Å²) in [4.78, 5) is 3.93. The van der Waals surface area contributed by atoms with E-state index in [1.54, 1.807) is 6.07 Å². The molecule has 1 heterocycles. The molecular weight excluding hydrogens is 167 g/mol. The zero-order valence-electron chi connectivity index (χ0n) is 7.20. The molecule has 0 amide bonds. The Morgan fingerprint density at radius 3 is 2.69 bits per heavy atom. The average molecular weight is 178 g/mol. The summed E-state index contributed by atoms with van der Waals surface area (Å²) in [6, 6.07) is 3.50. The number of pyridine rings is 1. The van der Waals surface area contributed by atoms with Crippen molar-refractivity contribution in [3.05, 3.63) is 36.3 Å². The summed E-state index contributed by atoms with van der Waals surface area (Å²) >= 11 is 0. The predicted molar refractivity (Wildman–Crippen MR) is 50.0 cm³/mol. The number of aromatic nitrogens is 1. The van der Waals surface area contributed by atoms with Crippen LogP contribution in [0, 0.1) is 5.82 Å². The summed E-state index contributed by atoms with van der Waals surface area (Å²) in [5, 5.41) is 3.23. The number of hydrogen-bond acceptors (Lipinski definition) is 2. The highest BCUT2D eigenvalue weighted by Gasteiger charge is 2.09. The molecular formula is C10H11FN2. The third-order valence-corrected chi connectivity index (χ3v) is 2.09. The standard InChI is InChI=1S/C10H11FN2/c11-8-5-6-10(12-7-8)13-9-3-1-2-4-9/h1-2,5-7,9H,3-4H2,(H,12,13). The van der Waals surface area contributed by atoms with Gasteiger partial charge in [-0.1, -0.05) is 12.2 Å². The van der Waals surface area contributed by atoms with Crippen LogP contribution >= 0.6 is 0 Å². The van der Waals surface area contributed by atoms with Crippen LogP contribution in [0.15, 0.2) is 30.5 Å². The van der Waals surface area contributed by atoms with E-state index in [1.807, 2.05) is 0 Å². The van der Waals surface area contributed by atoms with E-state index >= 15 is 0 Å². The molecule has 0 saturated heterocycles. The second-order valence-corrected chi connectivity index (χ2v) is 3.15. The van der Waals surface area contributed by atoms with Gasteiger partial charge in [-0.2, -0.15) is 0 Å². The molecule has 2 nitrogen and oxygen atoms in total. The van der Waals surface area contributed by atoms with E-state index in [-0.39, 0.29) is 5.82 Å². The second-order valence-electron chi connectivity index (χ2n) is 3.15. The molecule has 0 aliphatic heterocycles. The lowest BCUT2D eigenvalue weighted by Gasteiger charge is -2.11. The Labute approximate surface area is 76.5 Å². The SMILES string of the molecule is Fc1ccc(NC2CC=CC2)nc1. The fourth-order valence-corrected chi connectivity index (χ4v) is 1.41. The molecule has 0 radical (unpaired) electrons. The van der Waals surface area contributed by atoms with Crippen LogP contribution < -0.4 is 5.32 Å². The van der Waals surface area contributed by atoms with Crippen molar-refractivity contribution in [2.75, 3.05) is 5.32 Å². The smallest absolute Gasteiger partial charge is 0.141 e. The van der Waals surface area contributed by atoms with E-state index in [0.717, 1.165) is 18.7 Å². The van der Waals surface area contributed by atoms with Crippen LogP contribution in [0.2, 0.25) is 0 Å². The lowest BCUT2D eigenvalue weighted by molar-refractivity contribution is 0.621. The van der Waals surface area contributed by atoms with Gasteiger partial charge in [-0.15, -0.1) is 0 Å². The molecule has 1 aliphatic rings. The van der Waals surface area contributed by atoms with Gasteiger partial charge in [0.1, 0.15) is 11.6 Å². The monoisotopic (exact) mass is 178 g/mol. The third kappa shape index (κ3) is 2.05. The number of hydrogen-bond donors (Lipinski definition) is 1. The van der Waals surface area contributed by atoms with E-state index in [9.17, 15) is 4.39 Å². The van der Waals surface area contributed by atoms with Crippen molar-refractivity contribution in [1.29, 1.82) is 0 Å². The quantitative estimate of drug-likeness (QED) is 0.703. The largest absolute Gasteiger partial charge is 0.367 e. The Morgan fingerprint density at radius 1 is 1.31 bits per heavy atom. The van der Waals surface area contributed by atoms with Crippen LogP contribution in [-0.2, 0) is 0 Å². The number of anilines is 1. The maximum absolute atomic E-state index is 12.5. The van der Waals surface area contributed by atoms with Crippen LogP contribution in [0.4, 0.5) is 10.2 Å². The van der Waals surface area contributed by atoms with E-state index < -0.39 is 0 Å². The zero-order chi connectivity index (χ0) is 9.10. The first-order valence-corrected chi connectivity index (χ1v) is 4.38. The van der Waals surface area contributed by atoms with Gasteiger partial charge < -0.3 is 5.32 Å². The molecule has 0 unspecified atom stereocenters. The molecule has 0 aromatic carbocycles. The first-order chi connectivity index (χ1) is 6.34. The van der Waals surface area contributed by atoms with Gasteiger partial charge in [-0.05, 0) is 25.0 Å². The van der Waals surface area contributed by atoms with E-state index in [0.29, 0.717) is 6.04 Å². The summed E-state index contributed by atoms with van der Waals surface area (Å²) in [5.74, 6) is 0.449.